The van der Waals surface area contributed by atoms with Crippen LogP contribution < -0.4 is 5.73 Å². The van der Waals surface area contributed by atoms with Gasteiger partial charge in [-0.1, -0.05) is 45.0 Å². The molecule has 19 heavy (non-hydrogen) atoms. The summed E-state index contributed by atoms with van der Waals surface area (Å²) in [5.74, 6) is 1.08. The van der Waals surface area contributed by atoms with Crippen molar-refractivity contribution in [3.63, 3.8) is 0 Å². The van der Waals surface area contributed by atoms with Crippen LogP contribution >= 0.6 is 11.3 Å². The molecule has 1 aromatic heterocycles. The van der Waals surface area contributed by atoms with Gasteiger partial charge in [-0.2, -0.15) is 0 Å². The number of aryl methyl sites for hydroxylation is 1. The second-order valence-corrected chi connectivity index (χ2v) is 6.88. The van der Waals surface area contributed by atoms with E-state index in [1.54, 1.807) is 11.3 Å². The maximum Gasteiger partial charge on any atom is 0.180 e. The summed E-state index contributed by atoms with van der Waals surface area (Å²) >= 11 is 1.55. The molecule has 0 saturated heterocycles. The Balaban J connectivity index is 1.93. The molecule has 1 aliphatic rings. The van der Waals surface area contributed by atoms with Crippen LogP contribution in [0.1, 0.15) is 49.4 Å². The molecule has 100 valence electrons. The first-order valence-electron chi connectivity index (χ1n) is 6.83. The fourth-order valence-corrected chi connectivity index (χ4v) is 3.86. The molecule has 2 N–H and O–H groups in total. The molecular formula is C16H20N2S. The molecule has 3 rings (SSSR count). The summed E-state index contributed by atoms with van der Waals surface area (Å²) in [7, 11) is 0. The molecule has 0 radical (unpaired) electrons. The number of hydrogen-bond acceptors (Lipinski definition) is 3. The number of anilines is 1. The minimum atomic E-state index is 0.285. The first kappa shape index (κ1) is 12.7. The van der Waals surface area contributed by atoms with Crippen LogP contribution in [0, 0.1) is 5.41 Å². The summed E-state index contributed by atoms with van der Waals surface area (Å²) in [5.41, 5.74) is 10.1. The average Bonchev–Trinajstić information content (AvgIpc) is 2.73. The Hall–Kier alpha value is -1.35. The molecule has 0 bridgehead atoms. The second-order valence-electron chi connectivity index (χ2n) is 5.99. The lowest BCUT2D eigenvalue weighted by molar-refractivity contribution is 0.598. The molecule has 0 spiro atoms. The van der Waals surface area contributed by atoms with E-state index < -0.39 is 0 Å². The van der Waals surface area contributed by atoms with E-state index >= 15 is 0 Å². The molecule has 3 heteroatoms. The molecule has 1 aromatic carbocycles. The Kier molecular flexibility index (Phi) is 2.90. The maximum absolute atomic E-state index is 5.77. The second kappa shape index (κ2) is 4.34. The highest BCUT2D eigenvalue weighted by Crippen LogP contribution is 2.69. The van der Waals surface area contributed by atoms with Crippen molar-refractivity contribution in [3.8, 4) is 0 Å². The number of nitrogens with two attached hydrogens (primary N) is 1. The predicted octanol–water partition coefficient (Wildman–Crippen LogP) is 4.19. The number of benzene rings is 1. The van der Waals surface area contributed by atoms with Crippen molar-refractivity contribution in [2.75, 3.05) is 5.73 Å². The van der Waals surface area contributed by atoms with Gasteiger partial charge in [-0.15, -0.1) is 11.3 Å². The van der Waals surface area contributed by atoms with Crippen LogP contribution in [-0.2, 0) is 6.42 Å². The summed E-state index contributed by atoms with van der Waals surface area (Å²) < 4.78 is 0. The highest BCUT2D eigenvalue weighted by atomic mass is 32.1. The van der Waals surface area contributed by atoms with Gasteiger partial charge in [0.05, 0.1) is 5.69 Å². The largest absolute Gasteiger partial charge is 0.375 e. The molecule has 0 amide bonds. The molecule has 2 aromatic rings. The van der Waals surface area contributed by atoms with E-state index in [0.29, 0.717) is 17.0 Å². The van der Waals surface area contributed by atoms with Gasteiger partial charge in [0.1, 0.15) is 0 Å². The van der Waals surface area contributed by atoms with Crippen molar-refractivity contribution in [2.45, 2.75) is 39.0 Å². The van der Waals surface area contributed by atoms with Crippen LogP contribution in [0.5, 0.6) is 0 Å². The van der Waals surface area contributed by atoms with Crippen molar-refractivity contribution in [3.05, 3.63) is 46.5 Å². The Morgan fingerprint density at radius 1 is 1.32 bits per heavy atom. The average molecular weight is 272 g/mol. The Morgan fingerprint density at radius 2 is 2.11 bits per heavy atom. The first-order chi connectivity index (χ1) is 9.04. The van der Waals surface area contributed by atoms with Gasteiger partial charge in [-0.05, 0) is 28.9 Å². The topological polar surface area (TPSA) is 38.9 Å². The van der Waals surface area contributed by atoms with Crippen molar-refractivity contribution in [1.29, 1.82) is 0 Å². The monoisotopic (exact) mass is 272 g/mol. The Labute approximate surface area is 118 Å². The third kappa shape index (κ3) is 2.06. The number of nitrogen functional groups attached to an aromatic ring is 1. The van der Waals surface area contributed by atoms with Crippen LogP contribution in [0.4, 0.5) is 5.13 Å². The quantitative estimate of drug-likeness (QED) is 0.909. The summed E-state index contributed by atoms with van der Waals surface area (Å²) in [6.45, 7) is 6.86. The first-order valence-corrected chi connectivity index (χ1v) is 7.71. The molecule has 0 aliphatic heterocycles. The normalized spacial score (nSPS) is 24.4. The summed E-state index contributed by atoms with van der Waals surface area (Å²) in [5, 5.41) is 2.80. The molecule has 2 atom stereocenters. The van der Waals surface area contributed by atoms with Crippen molar-refractivity contribution >= 4 is 16.5 Å². The fraction of sp³-hybridized carbons (Fsp3) is 0.438. The van der Waals surface area contributed by atoms with Crippen molar-refractivity contribution in [2.24, 2.45) is 5.41 Å². The number of thiazole rings is 1. The van der Waals surface area contributed by atoms with E-state index in [1.807, 2.05) is 0 Å². The standard InChI is InChI=1S/C16H20N2S/c1-4-10-6-5-7-11(8-10)13-14(16(13,2)3)12-9-19-15(17)18-12/h5-9,13-14H,4H2,1-3H3,(H2,17,18)/t13-,14-/m1/s1. The zero-order valence-corrected chi connectivity index (χ0v) is 12.5. The lowest BCUT2D eigenvalue weighted by atomic mass is 10.0. The van der Waals surface area contributed by atoms with Gasteiger partial charge in [0.15, 0.2) is 5.13 Å². The van der Waals surface area contributed by atoms with Gasteiger partial charge in [0, 0.05) is 11.3 Å². The van der Waals surface area contributed by atoms with Gasteiger partial charge < -0.3 is 5.73 Å². The third-order valence-electron chi connectivity index (χ3n) is 4.40. The van der Waals surface area contributed by atoms with Crippen molar-refractivity contribution < 1.29 is 0 Å². The minimum Gasteiger partial charge on any atom is -0.375 e. The van der Waals surface area contributed by atoms with Gasteiger partial charge in [0.25, 0.3) is 0 Å². The van der Waals surface area contributed by atoms with Crippen LogP contribution in [0.25, 0.3) is 0 Å². The van der Waals surface area contributed by atoms with E-state index in [9.17, 15) is 0 Å². The Bertz CT molecular complexity index is 600. The van der Waals surface area contributed by atoms with Gasteiger partial charge in [-0.25, -0.2) is 4.98 Å². The SMILES string of the molecule is CCc1cccc([C@@H]2[C@@H](c3csc(N)n3)C2(C)C)c1. The van der Waals surface area contributed by atoms with E-state index in [1.165, 1.54) is 16.8 Å². The molecule has 1 saturated carbocycles. The number of nitrogens with zero attached hydrogens (tertiary/aromatic N) is 1. The minimum absolute atomic E-state index is 0.285. The lowest BCUT2D eigenvalue weighted by Crippen LogP contribution is -1.91. The lowest BCUT2D eigenvalue weighted by Gasteiger charge is -2.04. The zero-order chi connectivity index (χ0) is 13.6. The number of rotatable bonds is 3. The van der Waals surface area contributed by atoms with Gasteiger partial charge >= 0.3 is 0 Å². The van der Waals surface area contributed by atoms with Crippen LogP contribution in [0.3, 0.4) is 0 Å². The van der Waals surface area contributed by atoms with E-state index in [4.69, 9.17) is 5.73 Å². The molecule has 0 unspecified atom stereocenters. The van der Waals surface area contributed by atoms with Gasteiger partial charge in [0.2, 0.25) is 0 Å². The van der Waals surface area contributed by atoms with Crippen molar-refractivity contribution in [1.82, 2.24) is 4.98 Å². The highest BCUT2D eigenvalue weighted by Gasteiger charge is 2.59. The number of hydrogen-bond donors (Lipinski definition) is 1. The molecule has 1 fully saturated rings. The van der Waals surface area contributed by atoms with E-state index in [-0.39, 0.29) is 5.41 Å². The van der Waals surface area contributed by atoms with E-state index in [0.717, 1.165) is 6.42 Å². The fourth-order valence-electron chi connectivity index (χ4n) is 3.26. The molecular weight excluding hydrogens is 252 g/mol. The zero-order valence-electron chi connectivity index (χ0n) is 11.7. The van der Waals surface area contributed by atoms with Crippen LogP contribution in [-0.4, -0.2) is 4.98 Å². The Morgan fingerprint density at radius 3 is 2.74 bits per heavy atom. The molecule has 1 heterocycles. The summed E-state index contributed by atoms with van der Waals surface area (Å²) in [4.78, 5) is 4.48. The third-order valence-corrected chi connectivity index (χ3v) is 5.10. The summed E-state index contributed by atoms with van der Waals surface area (Å²) in [6, 6.07) is 8.98. The summed E-state index contributed by atoms with van der Waals surface area (Å²) in [6.07, 6.45) is 1.09. The smallest absolute Gasteiger partial charge is 0.180 e. The molecule has 1 aliphatic carbocycles. The maximum atomic E-state index is 5.77. The van der Waals surface area contributed by atoms with E-state index in [2.05, 4.69) is 55.4 Å². The van der Waals surface area contributed by atoms with Gasteiger partial charge in [-0.3, -0.25) is 0 Å². The van der Waals surface area contributed by atoms with Crippen LogP contribution in [0.15, 0.2) is 29.6 Å². The molecule has 2 nitrogen and oxygen atoms in total. The number of aromatic nitrogens is 1. The highest BCUT2D eigenvalue weighted by molar-refractivity contribution is 7.13. The van der Waals surface area contributed by atoms with Crippen LogP contribution in [0.2, 0.25) is 0 Å². The predicted molar refractivity (Wildman–Crippen MR) is 81.6 cm³/mol.